The third-order valence-corrected chi connectivity index (χ3v) is 5.61. The molecule has 1 aliphatic heterocycles. The molecule has 0 unspecified atom stereocenters. The molecule has 136 valence electrons. The van der Waals surface area contributed by atoms with Crippen molar-refractivity contribution in [2.75, 3.05) is 11.9 Å². The minimum Gasteiger partial charge on any atom is -0.365 e. The highest BCUT2D eigenvalue weighted by Gasteiger charge is 2.29. The molecule has 0 bridgehead atoms. The van der Waals surface area contributed by atoms with Crippen molar-refractivity contribution in [3.05, 3.63) is 50.6 Å². The van der Waals surface area contributed by atoms with Gasteiger partial charge in [-0.3, -0.25) is 14.4 Å². The number of amides is 3. The molecule has 0 spiro atoms. The number of carbonyl (C=O) groups excluding carboxylic acids is 3. The van der Waals surface area contributed by atoms with Crippen LogP contribution in [0.25, 0.3) is 0 Å². The number of benzene rings is 1. The predicted octanol–water partition coefficient (Wildman–Crippen LogP) is 2.80. The number of hydrogen-bond acceptors (Lipinski definition) is 4. The lowest BCUT2D eigenvalue weighted by atomic mass is 10.0. The van der Waals surface area contributed by atoms with Crippen molar-refractivity contribution < 1.29 is 18.8 Å². The first-order valence-electron chi connectivity index (χ1n) is 7.74. The molecule has 1 aliphatic rings. The van der Waals surface area contributed by atoms with Crippen LogP contribution in [0.3, 0.4) is 0 Å². The van der Waals surface area contributed by atoms with E-state index >= 15 is 0 Å². The first-order valence-corrected chi connectivity index (χ1v) is 8.94. The fraction of sp³-hybridized carbons (Fsp3) is 0.235. The summed E-state index contributed by atoms with van der Waals surface area (Å²) < 4.78 is 14.0. The number of rotatable bonds is 3. The van der Waals surface area contributed by atoms with Crippen molar-refractivity contribution in [3.63, 3.8) is 0 Å². The van der Waals surface area contributed by atoms with Gasteiger partial charge >= 0.3 is 0 Å². The van der Waals surface area contributed by atoms with Crippen molar-refractivity contribution >= 4 is 45.7 Å². The van der Waals surface area contributed by atoms with Crippen LogP contribution in [0.2, 0.25) is 5.02 Å². The number of nitrogens with zero attached hydrogens (tertiary/aromatic N) is 1. The molecule has 0 atom stereocenters. The molecule has 2 aromatic rings. The Morgan fingerprint density at radius 3 is 2.65 bits per heavy atom. The average Bonchev–Trinajstić information content (AvgIpc) is 2.91. The molecule has 1 aromatic heterocycles. The topological polar surface area (TPSA) is 92.5 Å². The van der Waals surface area contributed by atoms with Crippen molar-refractivity contribution in [1.82, 2.24) is 4.90 Å². The Labute approximate surface area is 157 Å². The van der Waals surface area contributed by atoms with Gasteiger partial charge in [0.15, 0.2) is 0 Å². The van der Waals surface area contributed by atoms with Gasteiger partial charge in [-0.1, -0.05) is 17.7 Å². The lowest BCUT2D eigenvalue weighted by Gasteiger charge is -2.25. The first-order chi connectivity index (χ1) is 12.3. The highest BCUT2D eigenvalue weighted by atomic mass is 35.5. The molecule has 3 N–H and O–H groups in total. The maximum absolute atomic E-state index is 14.0. The van der Waals surface area contributed by atoms with E-state index in [2.05, 4.69) is 5.32 Å². The third-order valence-electron chi connectivity index (χ3n) is 4.17. The molecule has 2 heterocycles. The third kappa shape index (κ3) is 3.30. The summed E-state index contributed by atoms with van der Waals surface area (Å²) in [5.41, 5.74) is 6.10. The summed E-state index contributed by atoms with van der Waals surface area (Å²) in [6.45, 7) is 2.27. The number of nitrogens with two attached hydrogens (primary N) is 1. The number of thiophene rings is 1. The van der Waals surface area contributed by atoms with Crippen molar-refractivity contribution in [2.24, 2.45) is 5.73 Å². The molecule has 0 radical (unpaired) electrons. The molecule has 0 aliphatic carbocycles. The van der Waals surface area contributed by atoms with Gasteiger partial charge in [0, 0.05) is 18.3 Å². The molecule has 0 saturated heterocycles. The maximum atomic E-state index is 14.0. The van der Waals surface area contributed by atoms with Crippen molar-refractivity contribution in [1.29, 1.82) is 0 Å². The van der Waals surface area contributed by atoms with Gasteiger partial charge in [-0.25, -0.2) is 4.39 Å². The molecule has 1 aromatic carbocycles. The van der Waals surface area contributed by atoms with Crippen molar-refractivity contribution in [3.8, 4) is 0 Å². The molecule has 26 heavy (non-hydrogen) atoms. The standard InChI is InChI=1S/C17H15ClFN3O3S/c1-8(23)22-6-5-9-12(7-22)26-17(13(9)15(20)24)21-16(25)14-10(18)3-2-4-11(14)19/h2-4H,5-7H2,1H3,(H2,20,24)(H,21,25). The van der Waals surface area contributed by atoms with Gasteiger partial charge in [0.05, 0.1) is 22.7 Å². The van der Waals surface area contributed by atoms with Gasteiger partial charge in [0.25, 0.3) is 11.8 Å². The van der Waals surface area contributed by atoms with Crippen LogP contribution in [0, 0.1) is 5.82 Å². The second-order valence-corrected chi connectivity index (χ2v) is 7.33. The SMILES string of the molecule is CC(=O)N1CCc2c(sc(NC(=O)c3c(F)cccc3Cl)c2C(N)=O)C1. The number of halogens is 2. The number of anilines is 1. The summed E-state index contributed by atoms with van der Waals surface area (Å²) >= 11 is 7.07. The second kappa shape index (κ2) is 7.05. The zero-order chi connectivity index (χ0) is 19.0. The van der Waals surface area contributed by atoms with E-state index < -0.39 is 17.6 Å². The van der Waals surface area contributed by atoms with Gasteiger partial charge in [-0.05, 0) is 24.1 Å². The molecular formula is C17H15ClFN3O3S. The lowest BCUT2D eigenvalue weighted by Crippen LogP contribution is -2.34. The number of primary amides is 1. The fourth-order valence-corrected chi connectivity index (χ4v) is 4.41. The van der Waals surface area contributed by atoms with E-state index in [1.807, 2.05) is 0 Å². The van der Waals surface area contributed by atoms with Crippen LogP contribution >= 0.6 is 22.9 Å². The van der Waals surface area contributed by atoms with Crippen LogP contribution in [0.5, 0.6) is 0 Å². The highest BCUT2D eigenvalue weighted by molar-refractivity contribution is 7.17. The maximum Gasteiger partial charge on any atom is 0.260 e. The molecule has 6 nitrogen and oxygen atoms in total. The van der Waals surface area contributed by atoms with Gasteiger partial charge in [-0.2, -0.15) is 0 Å². The molecule has 9 heteroatoms. The van der Waals surface area contributed by atoms with Gasteiger partial charge in [0.2, 0.25) is 5.91 Å². The summed E-state index contributed by atoms with van der Waals surface area (Å²) in [6.07, 6.45) is 0.458. The number of nitrogens with one attached hydrogen (secondary N) is 1. The largest absolute Gasteiger partial charge is 0.365 e. The van der Waals surface area contributed by atoms with Crippen LogP contribution in [-0.2, 0) is 17.8 Å². The van der Waals surface area contributed by atoms with E-state index in [9.17, 15) is 18.8 Å². The fourth-order valence-electron chi connectivity index (χ4n) is 2.90. The summed E-state index contributed by atoms with van der Waals surface area (Å²) in [7, 11) is 0. The van der Waals surface area contributed by atoms with Crippen LogP contribution in [0.15, 0.2) is 18.2 Å². The zero-order valence-electron chi connectivity index (χ0n) is 13.8. The quantitative estimate of drug-likeness (QED) is 0.836. The Bertz CT molecular complexity index is 908. The average molecular weight is 396 g/mol. The predicted molar refractivity (Wildman–Crippen MR) is 97.0 cm³/mol. The molecule has 0 saturated carbocycles. The summed E-state index contributed by atoms with van der Waals surface area (Å²) in [4.78, 5) is 38.4. The summed E-state index contributed by atoms with van der Waals surface area (Å²) in [5, 5.41) is 2.74. The van der Waals surface area contributed by atoms with E-state index in [0.717, 1.165) is 27.8 Å². The second-order valence-electron chi connectivity index (χ2n) is 5.81. The van der Waals surface area contributed by atoms with E-state index in [-0.39, 0.29) is 27.1 Å². The lowest BCUT2D eigenvalue weighted by molar-refractivity contribution is -0.129. The van der Waals surface area contributed by atoms with Crippen LogP contribution in [0.4, 0.5) is 9.39 Å². The first kappa shape index (κ1) is 18.3. The summed E-state index contributed by atoms with van der Waals surface area (Å²) in [5.74, 6) is -2.29. The molecule has 3 rings (SSSR count). The Hall–Kier alpha value is -2.45. The van der Waals surface area contributed by atoms with Gasteiger partial charge in [0.1, 0.15) is 10.8 Å². The van der Waals surface area contributed by atoms with E-state index in [1.165, 1.54) is 19.1 Å². The van der Waals surface area contributed by atoms with Gasteiger partial charge in [-0.15, -0.1) is 11.3 Å². The Morgan fingerprint density at radius 2 is 2.04 bits per heavy atom. The number of hydrogen-bond donors (Lipinski definition) is 2. The molecule has 0 fully saturated rings. The van der Waals surface area contributed by atoms with E-state index in [4.69, 9.17) is 17.3 Å². The smallest absolute Gasteiger partial charge is 0.260 e. The monoisotopic (exact) mass is 395 g/mol. The highest BCUT2D eigenvalue weighted by Crippen LogP contribution is 2.37. The Kier molecular flexibility index (Phi) is 4.97. The summed E-state index contributed by atoms with van der Waals surface area (Å²) in [6, 6.07) is 3.92. The van der Waals surface area contributed by atoms with E-state index in [1.54, 1.807) is 4.90 Å². The van der Waals surface area contributed by atoms with Crippen molar-refractivity contribution in [2.45, 2.75) is 19.9 Å². The normalized spacial score (nSPS) is 13.3. The minimum absolute atomic E-state index is 0.0350. The van der Waals surface area contributed by atoms with Gasteiger partial charge < -0.3 is 16.0 Å². The van der Waals surface area contributed by atoms with Crippen LogP contribution < -0.4 is 11.1 Å². The molecule has 3 amide bonds. The number of carbonyl (C=O) groups is 3. The zero-order valence-corrected chi connectivity index (χ0v) is 15.3. The Balaban J connectivity index is 1.97. The van der Waals surface area contributed by atoms with E-state index in [0.29, 0.717) is 19.5 Å². The Morgan fingerprint density at radius 1 is 1.31 bits per heavy atom. The molecular weight excluding hydrogens is 381 g/mol. The minimum atomic E-state index is -0.766. The van der Waals surface area contributed by atoms with Crippen LogP contribution in [-0.4, -0.2) is 29.2 Å². The number of fused-ring (bicyclic) bond motifs is 1. The van der Waals surface area contributed by atoms with Crippen LogP contribution in [0.1, 0.15) is 38.1 Å².